The number of nitrogens with zero attached hydrogens (tertiary/aromatic N) is 1. The Morgan fingerprint density at radius 1 is 1.36 bits per heavy atom. The first-order valence-corrected chi connectivity index (χ1v) is 9.88. The van der Waals surface area contributed by atoms with Crippen molar-refractivity contribution in [1.82, 2.24) is 15.3 Å². The summed E-state index contributed by atoms with van der Waals surface area (Å²) in [6.45, 7) is 0.640. The molecule has 1 aliphatic carbocycles. The molecule has 1 aromatic heterocycles. The van der Waals surface area contributed by atoms with E-state index in [0.29, 0.717) is 47.1 Å². The van der Waals surface area contributed by atoms with Crippen molar-refractivity contribution in [2.24, 2.45) is 11.7 Å². The molecule has 0 saturated heterocycles. The van der Waals surface area contributed by atoms with Crippen LogP contribution in [0.5, 0.6) is 0 Å². The minimum Gasteiger partial charge on any atom is -0.353 e. The number of nitrogens with one attached hydrogen (secondary N) is 2. The van der Waals surface area contributed by atoms with Gasteiger partial charge in [-0.25, -0.2) is 4.98 Å². The van der Waals surface area contributed by atoms with E-state index in [4.69, 9.17) is 5.73 Å². The number of aromatic amines is 1. The van der Waals surface area contributed by atoms with Crippen molar-refractivity contribution in [3.8, 4) is 0 Å². The number of hydrogen-bond acceptors (Lipinski definition) is 5. The number of rotatable bonds is 7. The summed E-state index contributed by atoms with van der Waals surface area (Å²) in [5.41, 5.74) is 6.33. The van der Waals surface area contributed by atoms with E-state index in [-0.39, 0.29) is 17.5 Å². The van der Waals surface area contributed by atoms with E-state index in [1.807, 2.05) is 18.2 Å². The number of H-pyrrole nitrogens is 1. The minimum atomic E-state index is -0.118. The summed E-state index contributed by atoms with van der Waals surface area (Å²) in [5, 5.41) is 3.70. The van der Waals surface area contributed by atoms with Crippen LogP contribution in [0, 0.1) is 5.92 Å². The Bertz CT molecular complexity index is 792. The number of thioether (sulfide) groups is 1. The van der Waals surface area contributed by atoms with Gasteiger partial charge in [-0.2, -0.15) is 11.8 Å². The molecule has 1 aromatic carbocycles. The third-order valence-electron chi connectivity index (χ3n) is 4.68. The van der Waals surface area contributed by atoms with Crippen molar-refractivity contribution in [3.05, 3.63) is 40.4 Å². The minimum absolute atomic E-state index is 0.0813. The Kier molecular flexibility index (Phi) is 6.09. The molecule has 0 aliphatic heterocycles. The maximum Gasteiger partial charge on any atom is 0.258 e. The van der Waals surface area contributed by atoms with Crippen LogP contribution in [0.3, 0.4) is 0 Å². The van der Waals surface area contributed by atoms with Gasteiger partial charge in [0.25, 0.3) is 5.56 Å². The topological polar surface area (TPSA) is 101 Å². The van der Waals surface area contributed by atoms with E-state index in [1.54, 1.807) is 17.8 Å². The van der Waals surface area contributed by atoms with Crippen LogP contribution in [0.25, 0.3) is 10.9 Å². The monoisotopic (exact) mass is 360 g/mol. The van der Waals surface area contributed by atoms with Gasteiger partial charge in [-0.3, -0.25) is 9.59 Å². The number of amides is 1. The first-order chi connectivity index (χ1) is 12.2. The summed E-state index contributed by atoms with van der Waals surface area (Å²) in [6.07, 6.45) is 3.75. The number of aromatic nitrogens is 2. The molecule has 2 aromatic rings. The van der Waals surface area contributed by atoms with Crippen LogP contribution >= 0.6 is 11.8 Å². The number of carbonyl (C=O) groups excluding carboxylic acids is 1. The summed E-state index contributed by atoms with van der Waals surface area (Å²) in [4.78, 5) is 31.4. The van der Waals surface area contributed by atoms with E-state index >= 15 is 0 Å². The van der Waals surface area contributed by atoms with E-state index in [2.05, 4.69) is 15.3 Å². The van der Waals surface area contributed by atoms with E-state index < -0.39 is 0 Å². The molecule has 3 rings (SSSR count). The fourth-order valence-electron chi connectivity index (χ4n) is 3.32. The van der Waals surface area contributed by atoms with Crippen LogP contribution in [0.2, 0.25) is 0 Å². The Hall–Kier alpha value is -1.86. The second-order valence-corrected chi connectivity index (χ2v) is 7.54. The van der Waals surface area contributed by atoms with Crippen molar-refractivity contribution in [2.45, 2.75) is 37.5 Å². The van der Waals surface area contributed by atoms with Gasteiger partial charge in [0.2, 0.25) is 5.91 Å². The number of hydrogen-bond donors (Lipinski definition) is 3. The van der Waals surface area contributed by atoms with Gasteiger partial charge in [0.15, 0.2) is 0 Å². The molecule has 25 heavy (non-hydrogen) atoms. The first kappa shape index (κ1) is 17.9. The maximum atomic E-state index is 12.1. The zero-order valence-corrected chi connectivity index (χ0v) is 15.0. The van der Waals surface area contributed by atoms with E-state index in [9.17, 15) is 9.59 Å². The molecular formula is C18H24N4O2S. The first-order valence-electron chi connectivity index (χ1n) is 8.72. The molecule has 0 radical (unpaired) electrons. The SMILES string of the molecule is NCC1CCCC1NC(=O)CCSCc1nc2ccccc2c(=O)[nH]1. The fraction of sp³-hybridized carbons (Fsp3) is 0.500. The Morgan fingerprint density at radius 2 is 2.20 bits per heavy atom. The van der Waals surface area contributed by atoms with Gasteiger partial charge in [-0.1, -0.05) is 18.6 Å². The molecule has 0 bridgehead atoms. The third-order valence-corrected chi connectivity index (χ3v) is 5.65. The average molecular weight is 360 g/mol. The summed E-state index contributed by atoms with van der Waals surface area (Å²) in [7, 11) is 0. The van der Waals surface area contributed by atoms with Gasteiger partial charge in [-0.15, -0.1) is 0 Å². The summed E-state index contributed by atoms with van der Waals surface area (Å²) in [6, 6.07) is 7.53. The lowest BCUT2D eigenvalue weighted by molar-refractivity contribution is -0.121. The molecule has 4 N–H and O–H groups in total. The predicted octanol–water partition coefficient (Wildman–Crippen LogP) is 1.79. The Labute approximate surface area is 151 Å². The molecule has 1 amide bonds. The number of para-hydroxylation sites is 1. The molecule has 6 nitrogen and oxygen atoms in total. The number of fused-ring (bicyclic) bond motifs is 1. The highest BCUT2D eigenvalue weighted by Crippen LogP contribution is 2.24. The Balaban J connectivity index is 1.45. The molecule has 1 fully saturated rings. The van der Waals surface area contributed by atoms with Gasteiger partial charge < -0.3 is 16.0 Å². The highest BCUT2D eigenvalue weighted by atomic mass is 32.2. The van der Waals surface area contributed by atoms with E-state index in [1.165, 1.54) is 0 Å². The molecule has 7 heteroatoms. The highest BCUT2D eigenvalue weighted by Gasteiger charge is 2.26. The van der Waals surface area contributed by atoms with Gasteiger partial charge >= 0.3 is 0 Å². The summed E-state index contributed by atoms with van der Waals surface area (Å²) >= 11 is 1.60. The van der Waals surface area contributed by atoms with Crippen molar-refractivity contribution in [2.75, 3.05) is 12.3 Å². The lowest BCUT2D eigenvalue weighted by Crippen LogP contribution is -2.39. The molecule has 1 aliphatic rings. The van der Waals surface area contributed by atoms with Crippen molar-refractivity contribution in [3.63, 3.8) is 0 Å². The zero-order chi connectivity index (χ0) is 17.6. The van der Waals surface area contributed by atoms with Crippen molar-refractivity contribution >= 4 is 28.6 Å². The number of benzene rings is 1. The quantitative estimate of drug-likeness (QED) is 0.654. The van der Waals surface area contributed by atoms with Crippen LogP contribution in [-0.2, 0) is 10.5 Å². The van der Waals surface area contributed by atoms with Gasteiger partial charge in [0, 0.05) is 18.2 Å². The van der Waals surface area contributed by atoms with Crippen LogP contribution < -0.4 is 16.6 Å². The van der Waals surface area contributed by atoms with Crippen LogP contribution in [0.15, 0.2) is 29.1 Å². The van der Waals surface area contributed by atoms with Crippen LogP contribution in [0.1, 0.15) is 31.5 Å². The summed E-state index contributed by atoms with van der Waals surface area (Å²) in [5.74, 6) is 2.43. The number of nitrogens with two attached hydrogens (primary N) is 1. The third kappa shape index (κ3) is 4.61. The number of carbonyl (C=O) groups is 1. The standard InChI is InChI=1S/C18H24N4O2S/c19-10-12-4-3-7-14(12)21-17(23)8-9-25-11-16-20-15-6-2-1-5-13(15)18(24)22-16/h1-2,5-6,12,14H,3-4,7-11,19H2,(H,21,23)(H,20,22,24). The molecule has 1 heterocycles. The van der Waals surface area contributed by atoms with Gasteiger partial charge in [0.1, 0.15) is 5.82 Å². The smallest absolute Gasteiger partial charge is 0.258 e. The van der Waals surface area contributed by atoms with Crippen molar-refractivity contribution in [1.29, 1.82) is 0 Å². The Morgan fingerprint density at radius 3 is 3.04 bits per heavy atom. The normalized spacial score (nSPS) is 20.0. The molecule has 134 valence electrons. The van der Waals surface area contributed by atoms with Crippen LogP contribution in [0.4, 0.5) is 0 Å². The summed E-state index contributed by atoms with van der Waals surface area (Å²) < 4.78 is 0. The molecular weight excluding hydrogens is 336 g/mol. The largest absolute Gasteiger partial charge is 0.353 e. The predicted molar refractivity (Wildman–Crippen MR) is 101 cm³/mol. The molecule has 1 saturated carbocycles. The van der Waals surface area contributed by atoms with Crippen molar-refractivity contribution < 1.29 is 4.79 Å². The van der Waals surface area contributed by atoms with Gasteiger partial charge in [0.05, 0.1) is 16.7 Å². The fourth-order valence-corrected chi connectivity index (χ4v) is 4.13. The van der Waals surface area contributed by atoms with Gasteiger partial charge in [-0.05, 0) is 37.4 Å². The average Bonchev–Trinajstić information content (AvgIpc) is 3.06. The van der Waals surface area contributed by atoms with Crippen LogP contribution in [-0.4, -0.2) is 34.2 Å². The van der Waals surface area contributed by atoms with E-state index in [0.717, 1.165) is 19.3 Å². The highest BCUT2D eigenvalue weighted by molar-refractivity contribution is 7.98. The molecule has 0 spiro atoms. The lowest BCUT2D eigenvalue weighted by Gasteiger charge is -2.19. The molecule has 2 atom stereocenters. The second kappa shape index (κ2) is 8.49. The lowest BCUT2D eigenvalue weighted by atomic mass is 10.0. The second-order valence-electron chi connectivity index (χ2n) is 6.43. The zero-order valence-electron chi connectivity index (χ0n) is 14.2. The maximum absolute atomic E-state index is 12.1. The molecule has 2 unspecified atom stereocenters.